The van der Waals surface area contributed by atoms with Crippen molar-refractivity contribution in [2.45, 2.75) is 0 Å². The Kier molecular flexibility index (Phi) is 2.28. The van der Waals surface area contributed by atoms with Crippen LogP contribution < -0.4 is 5.73 Å². The summed E-state index contributed by atoms with van der Waals surface area (Å²) in [6.07, 6.45) is 0. The molecule has 2 amide bonds. The molecule has 14 heavy (non-hydrogen) atoms. The number of likely N-dealkylation sites (tertiary alicyclic amines) is 2. The largest absolute Gasteiger partial charge is 0.329 e. The third-order valence-electron chi connectivity index (χ3n) is 3.14. The molecule has 0 unspecified atom stereocenters. The molecule has 5 nitrogen and oxygen atoms in total. The molecule has 2 saturated heterocycles. The number of hydrogen-bond donors (Lipinski definition) is 1. The van der Waals surface area contributed by atoms with Crippen molar-refractivity contribution in [1.29, 1.82) is 0 Å². The second kappa shape index (κ2) is 3.33. The van der Waals surface area contributed by atoms with Crippen molar-refractivity contribution in [3.05, 3.63) is 0 Å². The van der Waals surface area contributed by atoms with Crippen LogP contribution >= 0.6 is 0 Å². The van der Waals surface area contributed by atoms with Gasteiger partial charge >= 0.3 is 0 Å². The van der Waals surface area contributed by atoms with Gasteiger partial charge in [-0.25, -0.2) is 0 Å². The Morgan fingerprint density at radius 3 is 2.21 bits per heavy atom. The highest BCUT2D eigenvalue weighted by Crippen LogP contribution is 2.31. The Balaban J connectivity index is 2.09. The number of amides is 2. The van der Waals surface area contributed by atoms with Crippen molar-refractivity contribution in [2.75, 3.05) is 33.2 Å². The first-order chi connectivity index (χ1) is 6.65. The molecule has 5 heteroatoms. The SMILES string of the molecule is CN1C(=O)[C@H]2CN(CCN)C[C@H]2C1=O. The molecule has 78 valence electrons. The fraction of sp³-hybridized carbons (Fsp3) is 0.778. The second-order valence-electron chi connectivity index (χ2n) is 4.00. The first kappa shape index (κ1) is 9.61. The fourth-order valence-electron chi connectivity index (χ4n) is 2.36. The predicted molar refractivity (Wildman–Crippen MR) is 50.3 cm³/mol. The molecular weight excluding hydrogens is 182 g/mol. The summed E-state index contributed by atoms with van der Waals surface area (Å²) in [4.78, 5) is 26.5. The van der Waals surface area contributed by atoms with E-state index < -0.39 is 0 Å². The summed E-state index contributed by atoms with van der Waals surface area (Å²) in [5.74, 6) is -0.280. The van der Waals surface area contributed by atoms with E-state index in [4.69, 9.17) is 5.73 Å². The first-order valence-electron chi connectivity index (χ1n) is 4.89. The van der Waals surface area contributed by atoms with Gasteiger partial charge < -0.3 is 10.6 Å². The maximum Gasteiger partial charge on any atom is 0.234 e. The van der Waals surface area contributed by atoms with Crippen LogP contribution in [0, 0.1) is 11.8 Å². The summed E-state index contributed by atoms with van der Waals surface area (Å²) in [5.41, 5.74) is 5.43. The summed E-state index contributed by atoms with van der Waals surface area (Å²) in [6.45, 7) is 2.74. The van der Waals surface area contributed by atoms with Crippen LogP contribution in [-0.4, -0.2) is 54.8 Å². The van der Waals surface area contributed by atoms with Crippen molar-refractivity contribution >= 4 is 11.8 Å². The lowest BCUT2D eigenvalue weighted by Gasteiger charge is -2.16. The normalized spacial score (nSPS) is 32.9. The summed E-state index contributed by atoms with van der Waals surface area (Å²) in [7, 11) is 1.57. The predicted octanol–water partition coefficient (Wildman–Crippen LogP) is -1.51. The van der Waals surface area contributed by atoms with Gasteiger partial charge in [0.25, 0.3) is 0 Å². The molecule has 0 aliphatic carbocycles. The molecule has 2 aliphatic rings. The van der Waals surface area contributed by atoms with E-state index in [0.29, 0.717) is 19.6 Å². The average molecular weight is 197 g/mol. The van der Waals surface area contributed by atoms with E-state index in [-0.39, 0.29) is 23.7 Å². The van der Waals surface area contributed by atoms with Crippen LogP contribution in [0.5, 0.6) is 0 Å². The van der Waals surface area contributed by atoms with Gasteiger partial charge in [-0.1, -0.05) is 0 Å². The van der Waals surface area contributed by atoms with Crippen LogP contribution in [0.3, 0.4) is 0 Å². The van der Waals surface area contributed by atoms with Gasteiger partial charge in [0.1, 0.15) is 0 Å². The number of nitrogens with zero attached hydrogens (tertiary/aromatic N) is 2. The lowest BCUT2D eigenvalue weighted by molar-refractivity contribution is -0.138. The molecule has 2 rings (SSSR count). The Bertz CT molecular complexity index is 255. The lowest BCUT2D eigenvalue weighted by atomic mass is 10.00. The van der Waals surface area contributed by atoms with Crippen molar-refractivity contribution in [2.24, 2.45) is 17.6 Å². The Morgan fingerprint density at radius 2 is 1.79 bits per heavy atom. The molecule has 2 N–H and O–H groups in total. The van der Waals surface area contributed by atoms with Crippen LogP contribution in [0.15, 0.2) is 0 Å². The minimum Gasteiger partial charge on any atom is -0.329 e. The van der Waals surface area contributed by atoms with Crippen LogP contribution in [0.25, 0.3) is 0 Å². The standard InChI is InChI=1S/C9H15N3O2/c1-11-8(13)6-4-12(3-2-10)5-7(6)9(11)14/h6-7H,2-5,10H2,1H3/t6-,7+. The van der Waals surface area contributed by atoms with E-state index in [1.54, 1.807) is 7.05 Å². The monoisotopic (exact) mass is 197 g/mol. The quantitative estimate of drug-likeness (QED) is 0.547. The van der Waals surface area contributed by atoms with E-state index in [1.807, 2.05) is 0 Å². The highest BCUT2D eigenvalue weighted by molar-refractivity contribution is 6.05. The van der Waals surface area contributed by atoms with Gasteiger partial charge in [0, 0.05) is 33.2 Å². The minimum absolute atomic E-state index is 0.0282. The molecule has 0 aromatic heterocycles. The number of hydrogen-bond acceptors (Lipinski definition) is 4. The number of carbonyl (C=O) groups excluding carboxylic acids is 2. The van der Waals surface area contributed by atoms with Gasteiger partial charge in [-0.05, 0) is 0 Å². The Hall–Kier alpha value is -0.940. The summed E-state index contributed by atoms with van der Waals surface area (Å²) in [5, 5.41) is 0. The number of fused-ring (bicyclic) bond motifs is 1. The van der Waals surface area contributed by atoms with E-state index in [0.717, 1.165) is 6.54 Å². The minimum atomic E-state index is -0.112. The third-order valence-corrected chi connectivity index (χ3v) is 3.14. The molecule has 2 fully saturated rings. The van der Waals surface area contributed by atoms with E-state index in [2.05, 4.69) is 4.90 Å². The van der Waals surface area contributed by atoms with E-state index >= 15 is 0 Å². The highest BCUT2D eigenvalue weighted by Gasteiger charge is 2.50. The summed E-state index contributed by atoms with van der Waals surface area (Å²) < 4.78 is 0. The molecular formula is C9H15N3O2. The molecule has 2 atom stereocenters. The van der Waals surface area contributed by atoms with Crippen molar-refractivity contribution in [3.63, 3.8) is 0 Å². The first-order valence-corrected chi connectivity index (χ1v) is 4.89. The Labute approximate surface area is 82.8 Å². The number of imide groups is 1. The van der Waals surface area contributed by atoms with Crippen molar-refractivity contribution in [3.8, 4) is 0 Å². The zero-order valence-corrected chi connectivity index (χ0v) is 8.27. The number of carbonyl (C=O) groups is 2. The third kappa shape index (κ3) is 1.24. The molecule has 0 aromatic rings. The highest BCUT2D eigenvalue weighted by atomic mass is 16.2. The molecule has 2 heterocycles. The maximum atomic E-state index is 11.6. The average Bonchev–Trinajstić information content (AvgIpc) is 2.65. The molecule has 2 aliphatic heterocycles. The second-order valence-corrected chi connectivity index (χ2v) is 4.00. The molecule has 0 spiro atoms. The zero-order chi connectivity index (χ0) is 10.3. The van der Waals surface area contributed by atoms with Crippen LogP contribution in [0.1, 0.15) is 0 Å². The van der Waals surface area contributed by atoms with Gasteiger partial charge in [-0.15, -0.1) is 0 Å². The van der Waals surface area contributed by atoms with Gasteiger partial charge in [-0.2, -0.15) is 0 Å². The lowest BCUT2D eigenvalue weighted by Crippen LogP contribution is -2.35. The van der Waals surface area contributed by atoms with Crippen LogP contribution in [0.4, 0.5) is 0 Å². The van der Waals surface area contributed by atoms with E-state index in [1.165, 1.54) is 4.90 Å². The molecule has 0 saturated carbocycles. The molecule has 0 radical (unpaired) electrons. The molecule has 0 aromatic carbocycles. The Morgan fingerprint density at radius 1 is 1.29 bits per heavy atom. The van der Waals surface area contributed by atoms with Crippen LogP contribution in [-0.2, 0) is 9.59 Å². The topological polar surface area (TPSA) is 66.6 Å². The van der Waals surface area contributed by atoms with Gasteiger partial charge in [0.15, 0.2) is 0 Å². The smallest absolute Gasteiger partial charge is 0.234 e. The van der Waals surface area contributed by atoms with Gasteiger partial charge in [-0.3, -0.25) is 14.5 Å². The van der Waals surface area contributed by atoms with Crippen molar-refractivity contribution < 1.29 is 9.59 Å². The van der Waals surface area contributed by atoms with E-state index in [9.17, 15) is 9.59 Å². The summed E-state index contributed by atoms with van der Waals surface area (Å²) >= 11 is 0. The fourth-order valence-corrected chi connectivity index (χ4v) is 2.36. The molecule has 0 bridgehead atoms. The van der Waals surface area contributed by atoms with Gasteiger partial charge in [0.05, 0.1) is 11.8 Å². The maximum absolute atomic E-state index is 11.6. The number of nitrogens with two attached hydrogens (primary N) is 1. The van der Waals surface area contributed by atoms with Crippen LogP contribution in [0.2, 0.25) is 0 Å². The van der Waals surface area contributed by atoms with Crippen molar-refractivity contribution in [1.82, 2.24) is 9.80 Å². The zero-order valence-electron chi connectivity index (χ0n) is 8.27. The van der Waals surface area contributed by atoms with Gasteiger partial charge in [0.2, 0.25) is 11.8 Å². The summed E-state index contributed by atoms with van der Waals surface area (Å²) in [6, 6.07) is 0. The number of rotatable bonds is 2.